The normalized spacial score (nSPS) is 30.4. The van der Waals surface area contributed by atoms with Crippen LogP contribution >= 0.6 is 0 Å². The molecule has 7 nitrogen and oxygen atoms in total. The van der Waals surface area contributed by atoms with Crippen molar-refractivity contribution in [2.45, 2.75) is 58.0 Å². The summed E-state index contributed by atoms with van der Waals surface area (Å²) >= 11 is 0. The topological polar surface area (TPSA) is 95.7 Å². The summed E-state index contributed by atoms with van der Waals surface area (Å²) in [6, 6.07) is 0.631. The van der Waals surface area contributed by atoms with Crippen molar-refractivity contribution < 1.29 is 13.2 Å². The molecule has 0 spiro atoms. The zero-order chi connectivity index (χ0) is 17.0. The van der Waals surface area contributed by atoms with E-state index in [0.717, 1.165) is 38.8 Å². The minimum absolute atomic E-state index is 0.199. The van der Waals surface area contributed by atoms with Crippen molar-refractivity contribution in [2.24, 2.45) is 11.1 Å². The van der Waals surface area contributed by atoms with Crippen molar-refractivity contribution in [2.75, 3.05) is 26.2 Å². The van der Waals surface area contributed by atoms with Crippen LogP contribution in [0.15, 0.2) is 0 Å². The molecule has 0 bridgehead atoms. The highest BCUT2D eigenvalue weighted by atomic mass is 32.2. The minimum Gasteiger partial charge on any atom is -0.336 e. The third-order valence-corrected chi connectivity index (χ3v) is 5.59. The summed E-state index contributed by atoms with van der Waals surface area (Å²) < 4.78 is 24.4. The maximum absolute atomic E-state index is 12.7. The summed E-state index contributed by atoms with van der Waals surface area (Å²) in [5, 5.41) is 4.98. The van der Waals surface area contributed by atoms with Gasteiger partial charge < -0.3 is 4.90 Å². The van der Waals surface area contributed by atoms with Crippen molar-refractivity contribution in [3.8, 4) is 0 Å². The van der Waals surface area contributed by atoms with E-state index < -0.39 is 10.2 Å². The van der Waals surface area contributed by atoms with Crippen LogP contribution in [0.4, 0.5) is 0 Å². The zero-order valence-corrected chi connectivity index (χ0v) is 15.0. The predicted molar refractivity (Wildman–Crippen MR) is 89.9 cm³/mol. The van der Waals surface area contributed by atoms with Crippen LogP contribution in [0.5, 0.6) is 0 Å². The van der Waals surface area contributed by atoms with E-state index in [1.165, 1.54) is 6.42 Å². The maximum Gasteiger partial charge on any atom is 0.274 e. The number of carbonyl (C=O) groups excluding carboxylic acids is 1. The number of nitrogens with zero attached hydrogens (tertiary/aromatic N) is 2. The molecule has 2 heterocycles. The van der Waals surface area contributed by atoms with Gasteiger partial charge in [0.25, 0.3) is 10.2 Å². The Morgan fingerprint density at radius 3 is 2.43 bits per heavy atom. The van der Waals surface area contributed by atoms with Gasteiger partial charge in [0.2, 0.25) is 5.91 Å². The maximum atomic E-state index is 12.7. The average Bonchev–Trinajstić information content (AvgIpc) is 2.44. The second kappa shape index (κ2) is 7.92. The number of carbonyl (C=O) groups is 1. The molecule has 0 aliphatic carbocycles. The molecule has 2 aliphatic heterocycles. The van der Waals surface area contributed by atoms with E-state index in [1.807, 2.05) is 4.90 Å². The molecule has 0 radical (unpaired) electrons. The molecular weight excluding hydrogens is 316 g/mol. The number of nitrogens with one attached hydrogen (secondary N) is 1. The zero-order valence-electron chi connectivity index (χ0n) is 14.2. The Hall–Kier alpha value is -0.700. The van der Waals surface area contributed by atoms with Crippen LogP contribution in [-0.2, 0) is 15.0 Å². The number of likely N-dealkylation sites (tertiary alicyclic amines) is 2. The van der Waals surface area contributed by atoms with Gasteiger partial charge in [-0.05, 0) is 58.4 Å². The Kier molecular flexibility index (Phi) is 6.41. The Morgan fingerprint density at radius 1 is 1.17 bits per heavy atom. The largest absolute Gasteiger partial charge is 0.336 e. The molecule has 134 valence electrons. The van der Waals surface area contributed by atoms with Crippen molar-refractivity contribution >= 4 is 16.1 Å². The first-order valence-corrected chi connectivity index (χ1v) is 10.1. The lowest BCUT2D eigenvalue weighted by molar-refractivity contribution is -0.138. The van der Waals surface area contributed by atoms with Crippen LogP contribution in [0.1, 0.15) is 46.0 Å². The minimum atomic E-state index is -3.64. The highest BCUT2D eigenvalue weighted by Crippen LogP contribution is 2.23. The van der Waals surface area contributed by atoms with Crippen LogP contribution in [0.2, 0.25) is 0 Å². The summed E-state index contributed by atoms with van der Waals surface area (Å²) in [5.74, 6) is 0.413. The molecule has 0 unspecified atom stereocenters. The molecule has 0 aromatic rings. The van der Waals surface area contributed by atoms with Crippen molar-refractivity contribution in [3.63, 3.8) is 0 Å². The highest BCUT2D eigenvalue weighted by molar-refractivity contribution is 7.87. The predicted octanol–water partition coefficient (Wildman–Crippen LogP) is 0.281. The summed E-state index contributed by atoms with van der Waals surface area (Å²) in [6.45, 7) is 6.67. The van der Waals surface area contributed by atoms with Crippen LogP contribution in [0, 0.1) is 5.92 Å². The Labute approximate surface area is 139 Å². The first-order chi connectivity index (χ1) is 10.8. The van der Waals surface area contributed by atoms with Gasteiger partial charge in [-0.3, -0.25) is 9.69 Å². The molecule has 3 N–H and O–H groups in total. The molecule has 3 atom stereocenters. The van der Waals surface area contributed by atoms with Crippen LogP contribution in [0.25, 0.3) is 0 Å². The third-order valence-electron chi connectivity index (χ3n) is 5.02. The van der Waals surface area contributed by atoms with E-state index in [4.69, 9.17) is 5.14 Å². The summed E-state index contributed by atoms with van der Waals surface area (Å²) in [7, 11) is -3.64. The number of piperidine rings is 2. The van der Waals surface area contributed by atoms with Crippen molar-refractivity contribution in [1.82, 2.24) is 14.5 Å². The first kappa shape index (κ1) is 18.6. The molecule has 1 amide bonds. The van der Waals surface area contributed by atoms with Crippen molar-refractivity contribution in [1.29, 1.82) is 0 Å². The third kappa shape index (κ3) is 5.70. The molecule has 2 rings (SSSR count). The summed E-state index contributed by atoms with van der Waals surface area (Å²) in [5.41, 5.74) is 0. The Bertz CT molecular complexity index is 501. The van der Waals surface area contributed by atoms with Gasteiger partial charge in [0.1, 0.15) is 0 Å². The molecule has 0 aromatic carbocycles. The number of nitrogens with two attached hydrogens (primary N) is 1. The van der Waals surface area contributed by atoms with Crippen molar-refractivity contribution in [3.05, 3.63) is 0 Å². The number of hydrogen-bond acceptors (Lipinski definition) is 4. The molecule has 23 heavy (non-hydrogen) atoms. The molecule has 2 saturated heterocycles. The first-order valence-electron chi connectivity index (χ1n) is 8.57. The second-order valence-corrected chi connectivity index (χ2v) is 8.45. The van der Waals surface area contributed by atoms with E-state index in [9.17, 15) is 13.2 Å². The van der Waals surface area contributed by atoms with Crippen LogP contribution in [-0.4, -0.2) is 62.4 Å². The van der Waals surface area contributed by atoms with Gasteiger partial charge in [-0.25, -0.2) is 9.86 Å². The molecule has 0 aromatic heterocycles. The van der Waals surface area contributed by atoms with Gasteiger partial charge in [0, 0.05) is 25.2 Å². The summed E-state index contributed by atoms with van der Waals surface area (Å²) in [4.78, 5) is 16.8. The molecule has 2 aliphatic rings. The number of rotatable bonds is 5. The monoisotopic (exact) mass is 346 g/mol. The van der Waals surface area contributed by atoms with Gasteiger partial charge in [0.05, 0.1) is 6.54 Å². The second-order valence-electron chi connectivity index (χ2n) is 7.07. The number of amides is 1. The lowest BCUT2D eigenvalue weighted by Crippen LogP contribution is -2.52. The fourth-order valence-corrected chi connectivity index (χ4v) is 4.35. The fourth-order valence-electron chi connectivity index (χ4n) is 3.88. The standard InChI is InChI=1S/C15H30N4O3S/c1-12-5-3-6-13(2)19(12)15(20)11-18-8-4-7-14(10-18)9-17-23(16,21)22/h12-14,17H,3-11H2,1-2H3,(H2,16,21,22)/t12-,13-,14+/m1/s1. The lowest BCUT2D eigenvalue weighted by Gasteiger charge is -2.41. The van der Waals surface area contributed by atoms with Crippen LogP contribution < -0.4 is 9.86 Å². The van der Waals surface area contributed by atoms with Gasteiger partial charge in [-0.2, -0.15) is 8.42 Å². The SMILES string of the molecule is C[C@@H]1CCC[C@@H](C)N1C(=O)CN1CCC[C@@H](CNS(N)(=O)=O)C1. The lowest BCUT2D eigenvalue weighted by atomic mass is 9.96. The smallest absolute Gasteiger partial charge is 0.274 e. The fraction of sp³-hybridized carbons (Fsp3) is 0.933. The molecule has 0 saturated carbocycles. The van der Waals surface area contributed by atoms with E-state index in [0.29, 0.717) is 25.2 Å². The summed E-state index contributed by atoms with van der Waals surface area (Å²) in [6.07, 6.45) is 5.30. The van der Waals surface area contributed by atoms with E-state index in [1.54, 1.807) is 0 Å². The molecule has 8 heteroatoms. The number of hydrogen-bond donors (Lipinski definition) is 2. The van der Waals surface area contributed by atoms with Gasteiger partial charge in [-0.15, -0.1) is 0 Å². The van der Waals surface area contributed by atoms with Gasteiger partial charge in [0.15, 0.2) is 0 Å². The Balaban J connectivity index is 1.85. The Morgan fingerprint density at radius 2 is 1.83 bits per heavy atom. The quantitative estimate of drug-likeness (QED) is 0.747. The van der Waals surface area contributed by atoms with E-state index in [-0.39, 0.29) is 11.8 Å². The average molecular weight is 346 g/mol. The van der Waals surface area contributed by atoms with E-state index in [2.05, 4.69) is 23.5 Å². The molecular formula is C15H30N4O3S. The van der Waals surface area contributed by atoms with Crippen LogP contribution in [0.3, 0.4) is 0 Å². The molecule has 2 fully saturated rings. The van der Waals surface area contributed by atoms with E-state index >= 15 is 0 Å². The van der Waals surface area contributed by atoms with Gasteiger partial charge >= 0.3 is 0 Å². The van der Waals surface area contributed by atoms with Gasteiger partial charge in [-0.1, -0.05) is 0 Å². The highest BCUT2D eigenvalue weighted by Gasteiger charge is 2.31.